The molecule has 0 unspecified atom stereocenters. The van der Waals surface area contributed by atoms with Crippen molar-refractivity contribution in [2.45, 2.75) is 13.5 Å². The van der Waals surface area contributed by atoms with Crippen molar-refractivity contribution in [3.05, 3.63) is 23.7 Å². The Morgan fingerprint density at radius 2 is 2.07 bits per heavy atom. The smallest absolute Gasteiger partial charge is 0.208 e. The molecule has 1 aromatic heterocycles. The molecule has 0 saturated heterocycles. The summed E-state index contributed by atoms with van der Waals surface area (Å²) in [6, 6.07) is 3.79. The van der Waals surface area contributed by atoms with Gasteiger partial charge in [-0.15, -0.1) is 0 Å². The molecule has 6 heteroatoms. The molecule has 0 aliphatic heterocycles. The van der Waals surface area contributed by atoms with Crippen molar-refractivity contribution in [3.63, 3.8) is 0 Å². The van der Waals surface area contributed by atoms with E-state index in [1.165, 1.54) is 0 Å². The predicted octanol–water partition coefficient (Wildman–Crippen LogP) is 0.227. The van der Waals surface area contributed by atoms with Crippen LogP contribution in [0.15, 0.2) is 16.5 Å². The fourth-order valence-electron chi connectivity index (χ4n) is 1.12. The standard InChI is InChI=1S/C9H16N2O3S/c1-8-3-4-9(14-8)7-10-5-6-11-15(2,12)13/h3-4,10-11H,5-7H2,1-2H3. The highest BCUT2D eigenvalue weighted by atomic mass is 32.2. The number of hydrogen-bond donors (Lipinski definition) is 2. The molecule has 15 heavy (non-hydrogen) atoms. The van der Waals surface area contributed by atoms with Crippen molar-refractivity contribution in [2.24, 2.45) is 0 Å². The van der Waals surface area contributed by atoms with Gasteiger partial charge in [-0.05, 0) is 19.1 Å². The quantitative estimate of drug-likeness (QED) is 0.689. The van der Waals surface area contributed by atoms with E-state index in [9.17, 15) is 8.42 Å². The number of nitrogens with one attached hydrogen (secondary N) is 2. The molecule has 1 aromatic rings. The van der Waals surface area contributed by atoms with Crippen LogP contribution < -0.4 is 10.0 Å². The van der Waals surface area contributed by atoms with Gasteiger partial charge in [0.15, 0.2) is 0 Å². The molecule has 86 valence electrons. The van der Waals surface area contributed by atoms with Crippen molar-refractivity contribution in [1.82, 2.24) is 10.0 Å². The second-order valence-electron chi connectivity index (χ2n) is 3.36. The number of rotatable bonds is 6. The first-order chi connectivity index (χ1) is 6.97. The summed E-state index contributed by atoms with van der Waals surface area (Å²) in [7, 11) is -3.08. The van der Waals surface area contributed by atoms with Gasteiger partial charge in [0.2, 0.25) is 10.0 Å². The normalized spacial score (nSPS) is 11.9. The largest absolute Gasteiger partial charge is 0.465 e. The van der Waals surface area contributed by atoms with E-state index < -0.39 is 10.0 Å². The summed E-state index contributed by atoms with van der Waals surface area (Å²) in [5.74, 6) is 1.73. The molecule has 0 aromatic carbocycles. The van der Waals surface area contributed by atoms with Gasteiger partial charge in [-0.1, -0.05) is 0 Å². The van der Waals surface area contributed by atoms with Crippen molar-refractivity contribution in [2.75, 3.05) is 19.3 Å². The highest BCUT2D eigenvalue weighted by Gasteiger charge is 2.00. The second-order valence-corrected chi connectivity index (χ2v) is 5.19. The number of furan rings is 1. The Hall–Kier alpha value is -0.850. The van der Waals surface area contributed by atoms with Gasteiger partial charge in [-0.25, -0.2) is 13.1 Å². The van der Waals surface area contributed by atoms with Gasteiger partial charge in [0.25, 0.3) is 0 Å². The molecule has 5 nitrogen and oxygen atoms in total. The van der Waals surface area contributed by atoms with Crippen LogP contribution in [0.5, 0.6) is 0 Å². The molecule has 1 rings (SSSR count). The summed E-state index contributed by atoms with van der Waals surface area (Å²) in [6.07, 6.45) is 1.14. The Morgan fingerprint density at radius 3 is 2.60 bits per heavy atom. The fourth-order valence-corrected chi connectivity index (χ4v) is 1.59. The molecule has 2 N–H and O–H groups in total. The molecule has 0 saturated carbocycles. The van der Waals surface area contributed by atoms with Crippen molar-refractivity contribution in [1.29, 1.82) is 0 Å². The van der Waals surface area contributed by atoms with Crippen molar-refractivity contribution >= 4 is 10.0 Å². The zero-order valence-corrected chi connectivity index (χ0v) is 9.73. The Morgan fingerprint density at radius 1 is 1.33 bits per heavy atom. The van der Waals surface area contributed by atoms with Gasteiger partial charge in [-0.3, -0.25) is 0 Å². The second kappa shape index (κ2) is 5.29. The van der Waals surface area contributed by atoms with E-state index in [-0.39, 0.29) is 0 Å². The van der Waals surface area contributed by atoms with Crippen molar-refractivity contribution in [3.8, 4) is 0 Å². The lowest BCUT2D eigenvalue weighted by Crippen LogP contribution is -2.30. The van der Waals surface area contributed by atoms with E-state index >= 15 is 0 Å². The minimum atomic E-state index is -3.08. The maximum absolute atomic E-state index is 10.7. The Labute approximate surface area is 89.9 Å². The molecule has 0 fully saturated rings. The maximum atomic E-state index is 10.7. The third-order valence-electron chi connectivity index (χ3n) is 1.76. The molecule has 0 amide bonds. The van der Waals surface area contributed by atoms with Gasteiger partial charge in [0, 0.05) is 13.1 Å². The van der Waals surface area contributed by atoms with Gasteiger partial charge in [0.05, 0.1) is 12.8 Å². The molecule has 0 bridgehead atoms. The van der Waals surface area contributed by atoms with Crippen LogP contribution in [0.25, 0.3) is 0 Å². The predicted molar refractivity (Wildman–Crippen MR) is 58.0 cm³/mol. The first-order valence-electron chi connectivity index (χ1n) is 4.68. The minimum absolute atomic E-state index is 0.387. The molecule has 0 atom stereocenters. The number of sulfonamides is 1. The van der Waals surface area contributed by atoms with Gasteiger partial charge < -0.3 is 9.73 Å². The van der Waals surface area contributed by atoms with E-state index in [0.717, 1.165) is 17.8 Å². The van der Waals surface area contributed by atoms with Crippen LogP contribution in [0.3, 0.4) is 0 Å². The van der Waals surface area contributed by atoms with Crippen LogP contribution in [0.4, 0.5) is 0 Å². The zero-order chi connectivity index (χ0) is 11.3. The summed E-state index contributed by atoms with van der Waals surface area (Å²) < 4.78 is 29.1. The lowest BCUT2D eigenvalue weighted by molar-refractivity contribution is 0.462. The highest BCUT2D eigenvalue weighted by molar-refractivity contribution is 7.88. The lowest BCUT2D eigenvalue weighted by atomic mass is 10.4. The lowest BCUT2D eigenvalue weighted by Gasteiger charge is -2.03. The third kappa shape index (κ3) is 5.56. The van der Waals surface area contributed by atoms with Crippen LogP contribution >= 0.6 is 0 Å². The first-order valence-corrected chi connectivity index (χ1v) is 6.57. The molecule has 0 aliphatic rings. The molecular weight excluding hydrogens is 216 g/mol. The van der Waals surface area contributed by atoms with Crippen LogP contribution in [-0.4, -0.2) is 27.8 Å². The van der Waals surface area contributed by atoms with Gasteiger partial charge >= 0.3 is 0 Å². The number of hydrogen-bond acceptors (Lipinski definition) is 4. The average molecular weight is 232 g/mol. The van der Waals surface area contributed by atoms with Crippen LogP contribution in [0.1, 0.15) is 11.5 Å². The summed E-state index contributed by atoms with van der Waals surface area (Å²) in [5.41, 5.74) is 0. The van der Waals surface area contributed by atoms with Crippen LogP contribution in [0, 0.1) is 6.92 Å². The summed E-state index contributed by atoms with van der Waals surface area (Å²) >= 11 is 0. The number of aryl methyl sites for hydroxylation is 1. The monoisotopic (exact) mass is 232 g/mol. The van der Waals surface area contributed by atoms with Gasteiger partial charge in [-0.2, -0.15) is 0 Å². The summed E-state index contributed by atoms with van der Waals surface area (Å²) in [4.78, 5) is 0. The van der Waals surface area contributed by atoms with E-state index in [1.54, 1.807) is 0 Å². The molecular formula is C9H16N2O3S. The summed E-state index contributed by atoms with van der Waals surface area (Å²) in [5, 5.41) is 3.07. The fraction of sp³-hybridized carbons (Fsp3) is 0.556. The molecule has 0 radical (unpaired) electrons. The van der Waals surface area contributed by atoms with E-state index in [2.05, 4.69) is 10.0 Å². The summed E-state index contributed by atoms with van der Waals surface area (Å²) in [6.45, 7) is 3.46. The SMILES string of the molecule is Cc1ccc(CNCCNS(C)(=O)=O)o1. The topological polar surface area (TPSA) is 71.3 Å². The van der Waals surface area contributed by atoms with Crippen molar-refractivity contribution < 1.29 is 12.8 Å². The van der Waals surface area contributed by atoms with Crippen LogP contribution in [-0.2, 0) is 16.6 Å². The Balaban J connectivity index is 2.12. The van der Waals surface area contributed by atoms with Crippen LogP contribution in [0.2, 0.25) is 0 Å². The minimum Gasteiger partial charge on any atom is -0.465 e. The maximum Gasteiger partial charge on any atom is 0.208 e. The molecule has 0 spiro atoms. The van der Waals surface area contributed by atoms with E-state index in [0.29, 0.717) is 19.6 Å². The van der Waals surface area contributed by atoms with E-state index in [4.69, 9.17) is 4.42 Å². The first kappa shape index (κ1) is 12.2. The van der Waals surface area contributed by atoms with E-state index in [1.807, 2.05) is 19.1 Å². The van der Waals surface area contributed by atoms with Gasteiger partial charge in [0.1, 0.15) is 11.5 Å². The average Bonchev–Trinajstić information content (AvgIpc) is 2.49. The Kier molecular flexibility index (Phi) is 4.31. The molecule has 1 heterocycles. The third-order valence-corrected chi connectivity index (χ3v) is 2.49. The Bertz CT molecular complexity index is 397. The molecule has 0 aliphatic carbocycles. The highest BCUT2D eigenvalue weighted by Crippen LogP contribution is 2.04. The zero-order valence-electron chi connectivity index (χ0n) is 8.91.